The summed E-state index contributed by atoms with van der Waals surface area (Å²) in [5.74, 6) is -1.47. The minimum absolute atomic E-state index is 0.00610. The van der Waals surface area contributed by atoms with Crippen LogP contribution >= 0.6 is 0 Å². The van der Waals surface area contributed by atoms with Gasteiger partial charge in [-0.15, -0.1) is 0 Å². The molecular formula is C26H33N3O4. The van der Waals surface area contributed by atoms with Crippen molar-refractivity contribution in [2.24, 2.45) is 0 Å². The summed E-state index contributed by atoms with van der Waals surface area (Å²) in [4.78, 5) is 38.7. The zero-order valence-electron chi connectivity index (χ0n) is 19.9. The summed E-state index contributed by atoms with van der Waals surface area (Å²) in [6.45, 7) is 9.61. The second-order valence-electron chi connectivity index (χ2n) is 9.41. The predicted molar refractivity (Wildman–Crippen MR) is 130 cm³/mol. The topological polar surface area (TPSA) is 87.7 Å². The number of benzene rings is 2. The molecule has 33 heavy (non-hydrogen) atoms. The van der Waals surface area contributed by atoms with Gasteiger partial charge in [0.15, 0.2) is 6.61 Å². The van der Waals surface area contributed by atoms with Gasteiger partial charge in [0, 0.05) is 30.0 Å². The van der Waals surface area contributed by atoms with Crippen molar-refractivity contribution >= 4 is 29.2 Å². The maximum atomic E-state index is 12.2. The van der Waals surface area contributed by atoms with E-state index in [1.807, 2.05) is 31.2 Å². The van der Waals surface area contributed by atoms with E-state index in [1.165, 1.54) is 12.8 Å². The minimum atomic E-state index is -0.675. The van der Waals surface area contributed by atoms with Crippen molar-refractivity contribution in [1.82, 2.24) is 5.32 Å². The summed E-state index contributed by atoms with van der Waals surface area (Å²) in [5, 5.41) is 5.29. The molecule has 0 saturated carbocycles. The molecule has 7 nitrogen and oxygen atoms in total. The third-order valence-corrected chi connectivity index (χ3v) is 5.73. The van der Waals surface area contributed by atoms with Crippen molar-refractivity contribution in [2.45, 2.75) is 46.0 Å². The van der Waals surface area contributed by atoms with E-state index < -0.39 is 18.5 Å². The number of ether oxygens (including phenoxy) is 1. The first-order valence-corrected chi connectivity index (χ1v) is 11.3. The number of amides is 2. The zero-order valence-corrected chi connectivity index (χ0v) is 19.9. The highest BCUT2D eigenvalue weighted by Crippen LogP contribution is 2.25. The van der Waals surface area contributed by atoms with Crippen molar-refractivity contribution < 1.29 is 19.1 Å². The fourth-order valence-corrected chi connectivity index (χ4v) is 3.72. The third-order valence-electron chi connectivity index (χ3n) is 5.73. The first-order valence-electron chi connectivity index (χ1n) is 11.3. The first-order chi connectivity index (χ1) is 15.6. The van der Waals surface area contributed by atoms with Crippen LogP contribution in [-0.4, -0.2) is 44.0 Å². The summed E-state index contributed by atoms with van der Waals surface area (Å²) in [6.07, 6.45) is 2.40. The normalized spacial score (nSPS) is 13.5. The van der Waals surface area contributed by atoms with E-state index in [-0.39, 0.29) is 17.9 Å². The summed E-state index contributed by atoms with van der Waals surface area (Å²) < 4.78 is 5.00. The van der Waals surface area contributed by atoms with E-state index >= 15 is 0 Å². The van der Waals surface area contributed by atoms with Gasteiger partial charge in [0.05, 0.1) is 0 Å². The molecule has 0 aromatic heterocycles. The number of nitrogens with one attached hydrogen (secondary N) is 2. The van der Waals surface area contributed by atoms with Gasteiger partial charge < -0.3 is 20.3 Å². The van der Waals surface area contributed by atoms with Gasteiger partial charge in [0.1, 0.15) is 6.54 Å². The number of rotatable bonds is 7. The van der Waals surface area contributed by atoms with Gasteiger partial charge in [-0.3, -0.25) is 14.4 Å². The molecule has 1 aliphatic rings. The molecule has 3 rings (SSSR count). The van der Waals surface area contributed by atoms with Crippen molar-refractivity contribution in [3.05, 3.63) is 59.2 Å². The Morgan fingerprint density at radius 1 is 1.00 bits per heavy atom. The maximum absolute atomic E-state index is 12.2. The van der Waals surface area contributed by atoms with Crippen LogP contribution in [0.25, 0.3) is 0 Å². The number of aryl methyl sites for hydroxylation is 1. The Morgan fingerprint density at radius 2 is 1.67 bits per heavy atom. The van der Waals surface area contributed by atoms with Crippen LogP contribution in [0.15, 0.2) is 42.5 Å². The fraction of sp³-hybridized carbons (Fsp3) is 0.423. The number of anilines is 2. The Kier molecular flexibility index (Phi) is 7.74. The largest absolute Gasteiger partial charge is 0.454 e. The molecular weight excluding hydrogens is 418 g/mol. The van der Waals surface area contributed by atoms with Crippen molar-refractivity contribution in [3.8, 4) is 0 Å². The summed E-state index contributed by atoms with van der Waals surface area (Å²) in [6, 6.07) is 13.2. The lowest BCUT2D eigenvalue weighted by Crippen LogP contribution is -2.32. The molecule has 2 N–H and O–H groups in total. The van der Waals surface area contributed by atoms with Gasteiger partial charge in [-0.2, -0.15) is 0 Å². The molecule has 0 spiro atoms. The van der Waals surface area contributed by atoms with Crippen LogP contribution in [0.1, 0.15) is 55.1 Å². The smallest absolute Gasteiger partial charge is 0.325 e. The van der Waals surface area contributed by atoms with Crippen molar-refractivity contribution in [3.63, 3.8) is 0 Å². The van der Waals surface area contributed by atoms with E-state index in [0.29, 0.717) is 11.3 Å². The Balaban J connectivity index is 1.42. The number of nitrogens with zero attached hydrogens (tertiary/aromatic N) is 1. The number of carbonyl (C=O) groups excluding carboxylic acids is 3. The SMILES string of the molecule is Cc1cc(N2CCCC2)ccc1NC(=O)COC(=O)CNC(=O)c1ccc(C(C)(C)C)cc1. The van der Waals surface area contributed by atoms with E-state index in [2.05, 4.69) is 42.4 Å². The Bertz CT molecular complexity index is 1000. The minimum Gasteiger partial charge on any atom is -0.454 e. The standard InChI is InChI=1S/C26H33N3O4/c1-18-15-21(29-13-5-6-14-29)11-12-22(18)28-23(30)17-33-24(31)16-27-25(32)19-7-9-20(10-8-19)26(2,3)4/h7-12,15H,5-6,13-14,16-17H2,1-4H3,(H,27,32)(H,28,30). The Labute approximate surface area is 195 Å². The van der Waals surface area contributed by atoms with Gasteiger partial charge in [-0.05, 0) is 66.6 Å². The number of hydrogen-bond acceptors (Lipinski definition) is 5. The molecule has 1 saturated heterocycles. The molecule has 2 amide bonds. The lowest BCUT2D eigenvalue weighted by Gasteiger charge is -2.19. The van der Waals surface area contributed by atoms with Crippen LogP contribution in [0.4, 0.5) is 11.4 Å². The van der Waals surface area contributed by atoms with Gasteiger partial charge in [-0.25, -0.2) is 0 Å². The maximum Gasteiger partial charge on any atom is 0.325 e. The molecule has 176 valence electrons. The fourth-order valence-electron chi connectivity index (χ4n) is 3.72. The van der Waals surface area contributed by atoms with Gasteiger partial charge in [0.2, 0.25) is 0 Å². The molecule has 0 radical (unpaired) electrons. The average Bonchev–Trinajstić information content (AvgIpc) is 3.32. The first kappa shape index (κ1) is 24.3. The predicted octanol–water partition coefficient (Wildman–Crippen LogP) is 3.80. The number of carbonyl (C=O) groups is 3. The quantitative estimate of drug-likeness (QED) is 0.625. The summed E-state index contributed by atoms with van der Waals surface area (Å²) >= 11 is 0. The van der Waals surface area contributed by atoms with Crippen LogP contribution in [0.3, 0.4) is 0 Å². The summed E-state index contributed by atoms with van der Waals surface area (Å²) in [7, 11) is 0. The van der Waals surface area contributed by atoms with Crippen molar-refractivity contribution in [2.75, 3.05) is 36.5 Å². The summed E-state index contributed by atoms with van der Waals surface area (Å²) in [5.41, 5.74) is 4.35. The van der Waals surface area contributed by atoms with Gasteiger partial charge in [-0.1, -0.05) is 32.9 Å². The van der Waals surface area contributed by atoms with E-state index in [0.717, 1.165) is 29.9 Å². The molecule has 7 heteroatoms. The van der Waals surface area contributed by atoms with Crippen LogP contribution in [0, 0.1) is 6.92 Å². The number of hydrogen-bond donors (Lipinski definition) is 2. The lowest BCUT2D eigenvalue weighted by atomic mass is 9.87. The highest BCUT2D eigenvalue weighted by molar-refractivity contribution is 5.97. The highest BCUT2D eigenvalue weighted by atomic mass is 16.5. The van der Waals surface area contributed by atoms with E-state index in [1.54, 1.807) is 12.1 Å². The third kappa shape index (κ3) is 6.81. The molecule has 1 aliphatic heterocycles. The lowest BCUT2D eigenvalue weighted by molar-refractivity contribution is -0.146. The molecule has 0 bridgehead atoms. The van der Waals surface area contributed by atoms with Crippen LogP contribution in [-0.2, 0) is 19.7 Å². The Morgan fingerprint density at radius 3 is 2.27 bits per heavy atom. The zero-order chi connectivity index (χ0) is 24.0. The van der Waals surface area contributed by atoms with Crippen molar-refractivity contribution in [1.29, 1.82) is 0 Å². The Hall–Kier alpha value is -3.35. The molecule has 2 aromatic rings. The molecule has 0 unspecified atom stereocenters. The molecule has 0 atom stereocenters. The molecule has 0 aliphatic carbocycles. The second kappa shape index (κ2) is 10.5. The van der Waals surface area contributed by atoms with E-state index in [4.69, 9.17) is 4.74 Å². The van der Waals surface area contributed by atoms with E-state index in [9.17, 15) is 14.4 Å². The van der Waals surface area contributed by atoms with Crippen LogP contribution < -0.4 is 15.5 Å². The molecule has 2 aromatic carbocycles. The van der Waals surface area contributed by atoms with Crippen LogP contribution in [0.5, 0.6) is 0 Å². The molecule has 1 fully saturated rings. The van der Waals surface area contributed by atoms with Crippen LogP contribution in [0.2, 0.25) is 0 Å². The van der Waals surface area contributed by atoms with Gasteiger partial charge in [0.25, 0.3) is 11.8 Å². The second-order valence-corrected chi connectivity index (χ2v) is 9.41. The molecule has 1 heterocycles. The average molecular weight is 452 g/mol. The monoisotopic (exact) mass is 451 g/mol. The highest BCUT2D eigenvalue weighted by Gasteiger charge is 2.16. The number of esters is 1. The van der Waals surface area contributed by atoms with Gasteiger partial charge >= 0.3 is 5.97 Å².